The molecule has 0 N–H and O–H groups in total. The third-order valence-corrected chi connectivity index (χ3v) is 3.69. The Morgan fingerprint density at radius 1 is 1.25 bits per heavy atom. The maximum Gasteiger partial charge on any atom is 0.293 e. The molecule has 0 unspecified atom stereocenters. The summed E-state index contributed by atoms with van der Waals surface area (Å²) in [5.74, 6) is 0.328. The zero-order chi connectivity index (χ0) is 16.9. The Labute approximate surface area is 139 Å². The van der Waals surface area contributed by atoms with Gasteiger partial charge in [0.2, 0.25) is 5.82 Å². The predicted molar refractivity (Wildman–Crippen MR) is 88.6 cm³/mol. The van der Waals surface area contributed by atoms with Crippen molar-refractivity contribution in [1.82, 2.24) is 24.5 Å². The lowest BCUT2D eigenvalue weighted by Crippen LogP contribution is -2.34. The van der Waals surface area contributed by atoms with E-state index in [1.807, 2.05) is 43.3 Å². The minimum Gasteiger partial charge on any atom is -0.383 e. The van der Waals surface area contributed by atoms with Crippen LogP contribution in [0.2, 0.25) is 0 Å². The molecule has 2 heterocycles. The van der Waals surface area contributed by atoms with E-state index in [0.717, 1.165) is 11.3 Å². The first-order valence-corrected chi connectivity index (χ1v) is 7.69. The van der Waals surface area contributed by atoms with E-state index in [2.05, 4.69) is 15.1 Å². The standard InChI is InChI=1S/C17H19N5O2/c1-13-8-9-18-17-19-15(20-22(13)17)16(23)21(10-11-24-2)12-14-6-4-3-5-7-14/h3-9H,10-12H2,1-2H3. The van der Waals surface area contributed by atoms with Crippen LogP contribution in [0.25, 0.3) is 5.78 Å². The van der Waals surface area contributed by atoms with Gasteiger partial charge in [0.15, 0.2) is 0 Å². The lowest BCUT2D eigenvalue weighted by molar-refractivity contribution is 0.0668. The highest BCUT2D eigenvalue weighted by molar-refractivity contribution is 5.90. The Hall–Kier alpha value is -2.80. The number of carbonyl (C=O) groups is 1. The minimum absolute atomic E-state index is 0.142. The maximum atomic E-state index is 12.8. The number of nitrogens with zero attached hydrogens (tertiary/aromatic N) is 5. The van der Waals surface area contributed by atoms with E-state index in [1.165, 1.54) is 0 Å². The van der Waals surface area contributed by atoms with Crippen LogP contribution in [0.5, 0.6) is 0 Å². The number of carbonyl (C=O) groups excluding carboxylic acids is 1. The molecule has 0 aliphatic heterocycles. The molecule has 0 saturated heterocycles. The monoisotopic (exact) mass is 325 g/mol. The molecule has 0 radical (unpaired) electrons. The van der Waals surface area contributed by atoms with Crippen LogP contribution >= 0.6 is 0 Å². The number of ether oxygens (including phenoxy) is 1. The van der Waals surface area contributed by atoms with Gasteiger partial charge in [-0.3, -0.25) is 4.79 Å². The Bertz CT molecular complexity index is 831. The highest BCUT2D eigenvalue weighted by atomic mass is 16.5. The number of aromatic nitrogens is 4. The molecule has 2 aromatic heterocycles. The molecule has 1 aromatic carbocycles. The van der Waals surface area contributed by atoms with Crippen LogP contribution < -0.4 is 0 Å². The number of fused-ring (bicyclic) bond motifs is 1. The van der Waals surface area contributed by atoms with Crippen LogP contribution in [-0.2, 0) is 11.3 Å². The molecular weight excluding hydrogens is 306 g/mol. The Kier molecular flexibility index (Phi) is 4.81. The van der Waals surface area contributed by atoms with E-state index in [9.17, 15) is 4.79 Å². The van der Waals surface area contributed by atoms with Crippen LogP contribution in [0.1, 0.15) is 21.9 Å². The third kappa shape index (κ3) is 3.41. The summed E-state index contributed by atoms with van der Waals surface area (Å²) in [6, 6.07) is 11.6. The molecule has 0 atom stereocenters. The fraction of sp³-hybridized carbons (Fsp3) is 0.294. The molecule has 3 aromatic rings. The molecule has 0 spiro atoms. The molecule has 0 fully saturated rings. The first-order valence-electron chi connectivity index (χ1n) is 7.69. The molecule has 0 aliphatic rings. The van der Waals surface area contributed by atoms with Crippen molar-refractivity contribution in [2.45, 2.75) is 13.5 Å². The summed E-state index contributed by atoms with van der Waals surface area (Å²) in [4.78, 5) is 22.9. The van der Waals surface area contributed by atoms with Crippen molar-refractivity contribution in [3.05, 3.63) is 59.7 Å². The van der Waals surface area contributed by atoms with Gasteiger partial charge in [-0.05, 0) is 18.6 Å². The lowest BCUT2D eigenvalue weighted by Gasteiger charge is -2.21. The lowest BCUT2D eigenvalue weighted by atomic mass is 10.2. The Morgan fingerprint density at radius 2 is 2.04 bits per heavy atom. The molecule has 7 heteroatoms. The highest BCUT2D eigenvalue weighted by Gasteiger charge is 2.21. The molecule has 24 heavy (non-hydrogen) atoms. The van der Waals surface area contributed by atoms with Crippen molar-refractivity contribution in [1.29, 1.82) is 0 Å². The zero-order valence-corrected chi connectivity index (χ0v) is 13.7. The third-order valence-electron chi connectivity index (χ3n) is 3.69. The molecule has 124 valence electrons. The number of methoxy groups -OCH3 is 1. The van der Waals surface area contributed by atoms with E-state index in [-0.39, 0.29) is 11.7 Å². The van der Waals surface area contributed by atoms with Gasteiger partial charge >= 0.3 is 0 Å². The van der Waals surface area contributed by atoms with Crippen LogP contribution in [0, 0.1) is 6.92 Å². The van der Waals surface area contributed by atoms with Gasteiger partial charge in [0.1, 0.15) is 0 Å². The fourth-order valence-corrected chi connectivity index (χ4v) is 2.40. The number of hydrogen-bond acceptors (Lipinski definition) is 5. The molecular formula is C17H19N5O2. The van der Waals surface area contributed by atoms with Gasteiger partial charge in [-0.15, -0.1) is 5.10 Å². The van der Waals surface area contributed by atoms with Crippen molar-refractivity contribution in [2.24, 2.45) is 0 Å². The average Bonchev–Trinajstić information content (AvgIpc) is 3.04. The second kappa shape index (κ2) is 7.18. The van der Waals surface area contributed by atoms with Crippen LogP contribution in [0.15, 0.2) is 42.6 Å². The second-order valence-electron chi connectivity index (χ2n) is 5.44. The molecule has 1 amide bonds. The van der Waals surface area contributed by atoms with Gasteiger partial charge < -0.3 is 9.64 Å². The molecule has 3 rings (SSSR count). The number of rotatable bonds is 6. The van der Waals surface area contributed by atoms with Gasteiger partial charge in [0.05, 0.1) is 6.61 Å². The summed E-state index contributed by atoms with van der Waals surface area (Å²) in [6.45, 7) is 3.28. The van der Waals surface area contributed by atoms with Gasteiger partial charge in [0.25, 0.3) is 11.7 Å². The van der Waals surface area contributed by atoms with E-state index >= 15 is 0 Å². The van der Waals surface area contributed by atoms with Crippen LogP contribution in [0.4, 0.5) is 0 Å². The minimum atomic E-state index is -0.235. The van der Waals surface area contributed by atoms with Crippen molar-refractivity contribution >= 4 is 11.7 Å². The molecule has 7 nitrogen and oxygen atoms in total. The first-order chi connectivity index (χ1) is 11.7. The van der Waals surface area contributed by atoms with Gasteiger partial charge in [-0.25, -0.2) is 9.50 Å². The summed E-state index contributed by atoms with van der Waals surface area (Å²) in [6.07, 6.45) is 1.65. The van der Waals surface area contributed by atoms with Crippen molar-refractivity contribution in [3.8, 4) is 0 Å². The van der Waals surface area contributed by atoms with Crippen LogP contribution in [0.3, 0.4) is 0 Å². The van der Waals surface area contributed by atoms with Crippen molar-refractivity contribution < 1.29 is 9.53 Å². The normalized spacial score (nSPS) is 10.9. The van der Waals surface area contributed by atoms with Crippen molar-refractivity contribution in [2.75, 3.05) is 20.3 Å². The summed E-state index contributed by atoms with van der Waals surface area (Å²) in [5.41, 5.74) is 1.91. The average molecular weight is 325 g/mol. The van der Waals surface area contributed by atoms with Crippen molar-refractivity contribution in [3.63, 3.8) is 0 Å². The number of aryl methyl sites for hydroxylation is 1. The zero-order valence-electron chi connectivity index (χ0n) is 13.7. The van der Waals surface area contributed by atoms with E-state index < -0.39 is 0 Å². The number of amides is 1. The van der Waals surface area contributed by atoms with E-state index in [1.54, 1.807) is 22.7 Å². The van der Waals surface area contributed by atoms with Gasteiger partial charge in [0, 0.05) is 32.1 Å². The SMILES string of the molecule is COCCN(Cc1ccccc1)C(=O)c1nc2nccc(C)n2n1. The van der Waals surface area contributed by atoms with Gasteiger partial charge in [-0.1, -0.05) is 30.3 Å². The van der Waals surface area contributed by atoms with Crippen LogP contribution in [-0.4, -0.2) is 50.7 Å². The molecule has 0 bridgehead atoms. The summed E-state index contributed by atoms with van der Waals surface area (Å²) in [7, 11) is 1.61. The maximum absolute atomic E-state index is 12.8. The summed E-state index contributed by atoms with van der Waals surface area (Å²) in [5, 5.41) is 4.29. The quantitative estimate of drug-likeness (QED) is 0.690. The topological polar surface area (TPSA) is 72.6 Å². The van der Waals surface area contributed by atoms with Gasteiger partial charge in [-0.2, -0.15) is 4.98 Å². The summed E-state index contributed by atoms with van der Waals surface area (Å²) < 4.78 is 6.70. The summed E-state index contributed by atoms with van der Waals surface area (Å²) >= 11 is 0. The smallest absolute Gasteiger partial charge is 0.293 e. The fourth-order valence-electron chi connectivity index (χ4n) is 2.40. The number of hydrogen-bond donors (Lipinski definition) is 0. The largest absolute Gasteiger partial charge is 0.383 e. The predicted octanol–water partition coefficient (Wildman–Crippen LogP) is 1.72. The first kappa shape index (κ1) is 16.1. The highest BCUT2D eigenvalue weighted by Crippen LogP contribution is 2.09. The Balaban J connectivity index is 1.87. The number of benzene rings is 1. The Morgan fingerprint density at radius 3 is 2.75 bits per heavy atom. The second-order valence-corrected chi connectivity index (χ2v) is 5.44. The van der Waals surface area contributed by atoms with E-state index in [0.29, 0.717) is 25.5 Å². The van der Waals surface area contributed by atoms with E-state index in [4.69, 9.17) is 4.74 Å². The molecule has 0 aliphatic carbocycles. The molecule has 0 saturated carbocycles.